The molecule has 1 aliphatic heterocycles. The molecule has 1 unspecified atom stereocenters. The number of allylic oxidation sites excluding steroid dienone is 1. The van der Waals surface area contributed by atoms with Gasteiger partial charge in [0.2, 0.25) is 5.88 Å². The van der Waals surface area contributed by atoms with Crippen LogP contribution in [0.2, 0.25) is 0 Å². The van der Waals surface area contributed by atoms with Crippen LogP contribution in [-0.4, -0.2) is 11.5 Å². The number of fused-ring (bicyclic) bond motifs is 3. The largest absolute Gasteiger partial charge is 0.438 e. The number of anilines is 1. The van der Waals surface area contributed by atoms with Crippen LogP contribution in [0, 0.1) is 22.7 Å². The van der Waals surface area contributed by atoms with Crippen molar-refractivity contribution in [1.29, 1.82) is 10.5 Å². The molecule has 0 bridgehead atoms. The molecular formula is C19H13N5O2S2. The van der Waals surface area contributed by atoms with E-state index < -0.39 is 11.5 Å². The standard InChI is InChI=1S/C19H13N5O2S2/c1-2-5-23-19-10(8-21)14-16(28-19)15-13(18(25)24-14)12(11-4-3-6-27-11)9(7-20)17(22)26-15/h2-4,6,12,23H,1,5,22H2,(H,24,25). The maximum Gasteiger partial charge on any atom is 0.256 e. The van der Waals surface area contributed by atoms with Crippen molar-refractivity contribution in [3.63, 3.8) is 0 Å². The Labute approximate surface area is 167 Å². The minimum Gasteiger partial charge on any atom is -0.438 e. The number of nitrogens with zero attached hydrogens (tertiary/aromatic N) is 2. The number of pyridine rings is 1. The number of aromatic nitrogens is 1. The van der Waals surface area contributed by atoms with Gasteiger partial charge < -0.3 is 20.8 Å². The number of rotatable bonds is 4. The zero-order valence-corrected chi connectivity index (χ0v) is 16.0. The molecule has 0 saturated carbocycles. The molecule has 4 heterocycles. The van der Waals surface area contributed by atoms with E-state index in [9.17, 15) is 15.3 Å². The van der Waals surface area contributed by atoms with E-state index in [1.54, 1.807) is 6.08 Å². The van der Waals surface area contributed by atoms with E-state index in [4.69, 9.17) is 10.5 Å². The summed E-state index contributed by atoms with van der Waals surface area (Å²) in [6.07, 6.45) is 1.67. The molecule has 28 heavy (non-hydrogen) atoms. The molecule has 0 fully saturated rings. The average Bonchev–Trinajstić information content (AvgIpc) is 3.33. The molecule has 0 saturated heterocycles. The van der Waals surface area contributed by atoms with Gasteiger partial charge in [-0.05, 0) is 11.4 Å². The topological polar surface area (TPSA) is 128 Å². The zero-order chi connectivity index (χ0) is 19.8. The fourth-order valence-corrected chi connectivity index (χ4v) is 5.14. The molecule has 9 heteroatoms. The van der Waals surface area contributed by atoms with Gasteiger partial charge >= 0.3 is 0 Å². The summed E-state index contributed by atoms with van der Waals surface area (Å²) in [6, 6.07) is 7.90. The Morgan fingerprint density at radius 3 is 2.89 bits per heavy atom. The van der Waals surface area contributed by atoms with Gasteiger partial charge in [0, 0.05) is 11.4 Å². The third-order valence-electron chi connectivity index (χ3n) is 4.36. The first-order valence-electron chi connectivity index (χ1n) is 8.19. The number of nitriles is 2. The Hall–Kier alpha value is -3.53. The second-order valence-electron chi connectivity index (χ2n) is 5.93. The SMILES string of the molecule is C=CCNc1sc2c3c(c(=O)[nH]c2c1C#N)C(c1cccs1)C(C#N)=C(N)O3. The molecule has 7 nitrogen and oxygen atoms in total. The van der Waals surface area contributed by atoms with Crippen molar-refractivity contribution in [2.24, 2.45) is 5.73 Å². The Morgan fingerprint density at radius 2 is 2.25 bits per heavy atom. The molecule has 0 spiro atoms. The Kier molecular flexibility index (Phi) is 4.40. The fraction of sp³-hybridized carbons (Fsp3) is 0.105. The molecule has 4 rings (SSSR count). The third kappa shape index (κ3) is 2.57. The average molecular weight is 407 g/mol. The van der Waals surface area contributed by atoms with Crippen molar-refractivity contribution in [1.82, 2.24) is 4.98 Å². The molecule has 3 aromatic rings. The van der Waals surface area contributed by atoms with Crippen LogP contribution >= 0.6 is 22.7 Å². The maximum absolute atomic E-state index is 13.0. The fourth-order valence-electron chi connectivity index (χ4n) is 3.19. The van der Waals surface area contributed by atoms with Gasteiger partial charge in [0.25, 0.3) is 5.56 Å². The number of nitrogens with one attached hydrogen (secondary N) is 2. The highest BCUT2D eigenvalue weighted by Crippen LogP contribution is 2.47. The van der Waals surface area contributed by atoms with Crippen LogP contribution in [0.25, 0.3) is 10.2 Å². The monoisotopic (exact) mass is 407 g/mol. The van der Waals surface area contributed by atoms with Crippen LogP contribution < -0.4 is 21.3 Å². The second-order valence-corrected chi connectivity index (χ2v) is 7.93. The van der Waals surface area contributed by atoms with E-state index in [0.717, 1.165) is 4.88 Å². The van der Waals surface area contributed by atoms with E-state index in [2.05, 4.69) is 29.0 Å². The molecule has 0 aliphatic carbocycles. The molecule has 1 aliphatic rings. The van der Waals surface area contributed by atoms with Crippen LogP contribution in [-0.2, 0) is 0 Å². The molecule has 138 valence electrons. The van der Waals surface area contributed by atoms with Gasteiger partial charge in [-0.2, -0.15) is 10.5 Å². The number of ether oxygens (including phenoxy) is 1. The van der Waals surface area contributed by atoms with Crippen LogP contribution in [0.4, 0.5) is 5.00 Å². The number of hydrogen-bond acceptors (Lipinski definition) is 8. The number of aromatic amines is 1. The first kappa shape index (κ1) is 17.9. The van der Waals surface area contributed by atoms with Crippen molar-refractivity contribution in [2.75, 3.05) is 11.9 Å². The Bertz CT molecular complexity index is 1270. The van der Waals surface area contributed by atoms with E-state index >= 15 is 0 Å². The van der Waals surface area contributed by atoms with E-state index in [0.29, 0.717) is 38.6 Å². The number of nitrogens with two attached hydrogens (primary N) is 1. The lowest BCUT2D eigenvalue weighted by Crippen LogP contribution is -2.27. The number of H-pyrrole nitrogens is 1. The normalized spacial score (nSPS) is 15.4. The summed E-state index contributed by atoms with van der Waals surface area (Å²) >= 11 is 2.72. The lowest BCUT2D eigenvalue weighted by molar-refractivity contribution is 0.398. The minimum atomic E-state index is -0.612. The molecule has 3 aromatic heterocycles. The lowest BCUT2D eigenvalue weighted by Gasteiger charge is -2.24. The van der Waals surface area contributed by atoms with Gasteiger partial charge in [-0.25, -0.2) is 0 Å². The molecule has 1 atom stereocenters. The first-order valence-corrected chi connectivity index (χ1v) is 9.88. The minimum absolute atomic E-state index is 0.0344. The third-order valence-corrected chi connectivity index (χ3v) is 6.45. The van der Waals surface area contributed by atoms with Crippen molar-refractivity contribution in [2.45, 2.75) is 5.92 Å². The molecule has 0 aromatic carbocycles. The summed E-state index contributed by atoms with van der Waals surface area (Å²) in [5, 5.41) is 24.8. The second kappa shape index (κ2) is 6.89. The van der Waals surface area contributed by atoms with Crippen LogP contribution in [0.5, 0.6) is 5.75 Å². The Balaban J connectivity index is 2.05. The molecule has 0 radical (unpaired) electrons. The summed E-state index contributed by atoms with van der Waals surface area (Å²) in [6.45, 7) is 4.13. The predicted octanol–water partition coefficient (Wildman–Crippen LogP) is 3.34. The van der Waals surface area contributed by atoms with E-state index in [1.807, 2.05) is 17.5 Å². The summed E-state index contributed by atoms with van der Waals surface area (Å²) in [5.74, 6) is -0.353. The van der Waals surface area contributed by atoms with Crippen molar-refractivity contribution in [3.05, 3.63) is 68.0 Å². The van der Waals surface area contributed by atoms with Gasteiger partial charge in [-0.15, -0.1) is 29.3 Å². The van der Waals surface area contributed by atoms with Crippen LogP contribution in [0.15, 0.2) is 46.4 Å². The number of thiophene rings is 2. The maximum atomic E-state index is 13.0. The van der Waals surface area contributed by atoms with Crippen molar-refractivity contribution in [3.8, 4) is 17.9 Å². The van der Waals surface area contributed by atoms with Gasteiger partial charge in [-0.3, -0.25) is 4.79 Å². The summed E-state index contributed by atoms with van der Waals surface area (Å²) in [5.41, 5.74) is 6.86. The Morgan fingerprint density at radius 1 is 1.43 bits per heavy atom. The summed E-state index contributed by atoms with van der Waals surface area (Å²) < 4.78 is 6.34. The quantitative estimate of drug-likeness (QED) is 0.569. The molecule has 0 amide bonds. The van der Waals surface area contributed by atoms with Gasteiger partial charge in [0.05, 0.1) is 21.7 Å². The first-order chi connectivity index (χ1) is 13.6. The van der Waals surface area contributed by atoms with Gasteiger partial charge in [-0.1, -0.05) is 12.1 Å². The molecular weight excluding hydrogens is 394 g/mol. The van der Waals surface area contributed by atoms with Gasteiger partial charge in [0.1, 0.15) is 28.3 Å². The van der Waals surface area contributed by atoms with Gasteiger partial charge in [0.15, 0.2) is 5.75 Å². The highest BCUT2D eigenvalue weighted by Gasteiger charge is 2.36. The lowest BCUT2D eigenvalue weighted by atomic mass is 9.89. The summed E-state index contributed by atoms with van der Waals surface area (Å²) in [4.78, 5) is 16.6. The van der Waals surface area contributed by atoms with Crippen LogP contribution in [0.3, 0.4) is 0 Å². The van der Waals surface area contributed by atoms with Crippen molar-refractivity contribution < 1.29 is 4.74 Å². The predicted molar refractivity (Wildman–Crippen MR) is 109 cm³/mol. The zero-order valence-electron chi connectivity index (χ0n) is 14.4. The summed E-state index contributed by atoms with van der Waals surface area (Å²) in [7, 11) is 0. The number of hydrogen-bond donors (Lipinski definition) is 3. The van der Waals surface area contributed by atoms with Crippen molar-refractivity contribution >= 4 is 37.9 Å². The highest BCUT2D eigenvalue weighted by atomic mass is 32.1. The van der Waals surface area contributed by atoms with Crippen LogP contribution in [0.1, 0.15) is 21.9 Å². The highest BCUT2D eigenvalue weighted by molar-refractivity contribution is 7.23. The smallest absolute Gasteiger partial charge is 0.256 e. The van der Waals surface area contributed by atoms with E-state index in [1.165, 1.54) is 22.7 Å². The molecule has 4 N–H and O–H groups in total. The van der Waals surface area contributed by atoms with E-state index in [-0.39, 0.29) is 11.5 Å².